The fraction of sp³-hybridized carbons (Fsp3) is 0.214. The number of hydrogen-bond acceptors (Lipinski definition) is 5. The van der Waals surface area contributed by atoms with Crippen LogP contribution in [0.3, 0.4) is 0 Å². The van der Waals surface area contributed by atoms with Crippen LogP contribution in [-0.2, 0) is 0 Å². The van der Waals surface area contributed by atoms with Gasteiger partial charge in [0, 0.05) is 37.3 Å². The normalized spacial score (nSPS) is 14.2. The summed E-state index contributed by atoms with van der Waals surface area (Å²) in [6, 6.07) is 21.9. The van der Waals surface area contributed by atoms with Crippen molar-refractivity contribution in [2.24, 2.45) is 0 Å². The van der Waals surface area contributed by atoms with Gasteiger partial charge in [0.2, 0.25) is 5.95 Å². The third kappa shape index (κ3) is 4.33. The summed E-state index contributed by atoms with van der Waals surface area (Å²) in [5, 5.41) is 12.7. The molecule has 1 N–H and O–H groups in total. The van der Waals surface area contributed by atoms with Crippen LogP contribution < -0.4 is 10.2 Å². The van der Waals surface area contributed by atoms with Gasteiger partial charge in [-0.15, -0.1) is 10.2 Å². The Hall–Kier alpha value is -4.53. The van der Waals surface area contributed by atoms with Crippen LogP contribution in [-0.4, -0.2) is 56.7 Å². The van der Waals surface area contributed by atoms with E-state index in [1.54, 1.807) is 18.2 Å². The maximum Gasteiger partial charge on any atom is 0.321 e. The standard InChI is InChI=1S/C28H26FN7O/c1-19-11-13-20(14-12-19)30-28(37)35-16-6-15-34(17-18-35)27-31-24-10-5-3-8-22(24)26-33-32-25(36(26)27)21-7-2-4-9-23(21)29/h2-5,7-14H,6,15-18H2,1H3,(H,30,37). The second kappa shape index (κ2) is 9.50. The lowest BCUT2D eigenvalue weighted by Gasteiger charge is -2.24. The quantitative estimate of drug-likeness (QED) is 0.375. The van der Waals surface area contributed by atoms with Gasteiger partial charge in [-0.05, 0) is 49.7 Å². The van der Waals surface area contributed by atoms with E-state index in [2.05, 4.69) is 20.4 Å². The monoisotopic (exact) mass is 495 g/mol. The van der Waals surface area contributed by atoms with Crippen LogP contribution in [0.5, 0.6) is 0 Å². The van der Waals surface area contributed by atoms with Gasteiger partial charge in [-0.1, -0.05) is 42.0 Å². The van der Waals surface area contributed by atoms with E-state index < -0.39 is 0 Å². The lowest BCUT2D eigenvalue weighted by Crippen LogP contribution is -2.38. The van der Waals surface area contributed by atoms with Crippen molar-refractivity contribution >= 4 is 34.2 Å². The molecule has 186 valence electrons. The molecule has 1 aliphatic rings. The Kier molecular flexibility index (Phi) is 5.88. The van der Waals surface area contributed by atoms with Crippen LogP contribution in [0.25, 0.3) is 27.9 Å². The van der Waals surface area contributed by atoms with Crippen LogP contribution in [0.1, 0.15) is 12.0 Å². The maximum absolute atomic E-state index is 14.8. The highest BCUT2D eigenvalue weighted by Crippen LogP contribution is 2.30. The van der Waals surface area contributed by atoms with Crippen molar-refractivity contribution in [2.75, 3.05) is 36.4 Å². The van der Waals surface area contributed by atoms with Crippen molar-refractivity contribution in [3.05, 3.63) is 84.2 Å². The number of nitrogens with zero attached hydrogens (tertiary/aromatic N) is 6. The summed E-state index contributed by atoms with van der Waals surface area (Å²) < 4.78 is 16.6. The van der Waals surface area contributed by atoms with Crippen LogP contribution in [0.15, 0.2) is 72.8 Å². The van der Waals surface area contributed by atoms with Crippen LogP contribution in [0.4, 0.5) is 20.8 Å². The summed E-state index contributed by atoms with van der Waals surface area (Å²) in [5.41, 5.74) is 3.69. The van der Waals surface area contributed by atoms with Crippen molar-refractivity contribution < 1.29 is 9.18 Å². The zero-order valence-electron chi connectivity index (χ0n) is 20.4. The van der Waals surface area contributed by atoms with Gasteiger partial charge in [0.15, 0.2) is 11.5 Å². The number of benzene rings is 3. The number of anilines is 2. The van der Waals surface area contributed by atoms with Gasteiger partial charge >= 0.3 is 6.03 Å². The molecule has 0 spiro atoms. The maximum atomic E-state index is 14.8. The molecule has 0 unspecified atom stereocenters. The number of carbonyl (C=O) groups excluding carboxylic acids is 1. The number of rotatable bonds is 3. The summed E-state index contributed by atoms with van der Waals surface area (Å²) in [6.45, 7) is 4.40. The number of amides is 2. The first kappa shape index (κ1) is 22.9. The fourth-order valence-electron chi connectivity index (χ4n) is 4.76. The molecule has 1 fully saturated rings. The minimum atomic E-state index is -0.370. The summed E-state index contributed by atoms with van der Waals surface area (Å²) in [4.78, 5) is 21.9. The second-order valence-corrected chi connectivity index (χ2v) is 9.22. The van der Waals surface area contributed by atoms with Gasteiger partial charge in [0.1, 0.15) is 5.82 Å². The predicted molar refractivity (Wildman–Crippen MR) is 142 cm³/mol. The molecule has 2 aromatic heterocycles. The average molecular weight is 496 g/mol. The van der Waals surface area contributed by atoms with Gasteiger partial charge in [-0.3, -0.25) is 0 Å². The topological polar surface area (TPSA) is 78.7 Å². The highest BCUT2D eigenvalue weighted by atomic mass is 19.1. The molecule has 1 aliphatic heterocycles. The van der Waals surface area contributed by atoms with E-state index in [0.29, 0.717) is 49.2 Å². The highest BCUT2D eigenvalue weighted by Gasteiger charge is 2.25. The number of halogens is 1. The van der Waals surface area contributed by atoms with E-state index in [1.807, 2.05) is 64.8 Å². The molecule has 0 aliphatic carbocycles. The Balaban J connectivity index is 1.35. The molecule has 0 saturated carbocycles. The van der Waals surface area contributed by atoms with Crippen molar-refractivity contribution in [1.29, 1.82) is 0 Å². The number of urea groups is 1. The SMILES string of the molecule is Cc1ccc(NC(=O)N2CCCN(c3nc4ccccc4c4nnc(-c5ccccc5F)n34)CC2)cc1. The van der Waals surface area contributed by atoms with Gasteiger partial charge in [0.25, 0.3) is 0 Å². The number of hydrogen-bond donors (Lipinski definition) is 1. The molecule has 0 atom stereocenters. The van der Waals surface area contributed by atoms with E-state index in [0.717, 1.165) is 28.6 Å². The first-order valence-electron chi connectivity index (χ1n) is 12.3. The van der Waals surface area contributed by atoms with E-state index in [9.17, 15) is 9.18 Å². The van der Waals surface area contributed by atoms with Crippen molar-refractivity contribution in [1.82, 2.24) is 24.5 Å². The molecule has 6 rings (SSSR count). The Morgan fingerprint density at radius 1 is 0.892 bits per heavy atom. The van der Waals surface area contributed by atoms with Gasteiger partial charge in [0.05, 0.1) is 11.1 Å². The third-order valence-electron chi connectivity index (χ3n) is 6.71. The number of aromatic nitrogens is 4. The molecular formula is C28H26FN7O. The molecule has 0 bridgehead atoms. The summed E-state index contributed by atoms with van der Waals surface area (Å²) >= 11 is 0. The van der Waals surface area contributed by atoms with E-state index in [1.165, 1.54) is 6.07 Å². The number of aryl methyl sites for hydroxylation is 1. The van der Waals surface area contributed by atoms with Gasteiger partial charge < -0.3 is 15.1 Å². The van der Waals surface area contributed by atoms with Crippen molar-refractivity contribution in [3.8, 4) is 11.4 Å². The van der Waals surface area contributed by atoms with Crippen molar-refractivity contribution in [2.45, 2.75) is 13.3 Å². The second-order valence-electron chi connectivity index (χ2n) is 9.22. The average Bonchev–Trinajstić information content (AvgIpc) is 3.20. The molecule has 5 aromatic rings. The Morgan fingerprint density at radius 2 is 1.68 bits per heavy atom. The summed E-state index contributed by atoms with van der Waals surface area (Å²) in [5.74, 6) is 0.669. The van der Waals surface area contributed by atoms with Gasteiger partial charge in [-0.25, -0.2) is 18.6 Å². The number of fused-ring (bicyclic) bond motifs is 3. The molecular weight excluding hydrogens is 469 g/mol. The Labute approximate surface area is 213 Å². The van der Waals surface area contributed by atoms with E-state index >= 15 is 0 Å². The summed E-state index contributed by atoms with van der Waals surface area (Å²) in [7, 11) is 0. The lowest BCUT2D eigenvalue weighted by atomic mass is 10.2. The van der Waals surface area contributed by atoms with Crippen LogP contribution in [0, 0.1) is 12.7 Å². The molecule has 37 heavy (non-hydrogen) atoms. The predicted octanol–water partition coefficient (Wildman–Crippen LogP) is 5.14. The molecule has 0 radical (unpaired) electrons. The van der Waals surface area contributed by atoms with Gasteiger partial charge in [-0.2, -0.15) is 0 Å². The first-order valence-corrected chi connectivity index (χ1v) is 12.3. The summed E-state index contributed by atoms with van der Waals surface area (Å²) in [6.07, 6.45) is 0.758. The minimum Gasteiger partial charge on any atom is -0.340 e. The number of para-hydroxylation sites is 1. The Bertz CT molecular complexity index is 1600. The highest BCUT2D eigenvalue weighted by molar-refractivity contribution is 5.93. The molecule has 9 heteroatoms. The molecule has 8 nitrogen and oxygen atoms in total. The molecule has 2 amide bonds. The van der Waals surface area contributed by atoms with E-state index in [4.69, 9.17) is 4.98 Å². The lowest BCUT2D eigenvalue weighted by molar-refractivity contribution is 0.215. The molecule has 3 aromatic carbocycles. The smallest absolute Gasteiger partial charge is 0.321 e. The third-order valence-corrected chi connectivity index (χ3v) is 6.71. The number of carbonyl (C=O) groups is 1. The Morgan fingerprint density at radius 3 is 2.51 bits per heavy atom. The number of nitrogens with one attached hydrogen (secondary N) is 1. The fourth-order valence-corrected chi connectivity index (χ4v) is 4.76. The zero-order chi connectivity index (χ0) is 25.4. The first-order chi connectivity index (χ1) is 18.1. The minimum absolute atomic E-state index is 0.126. The van der Waals surface area contributed by atoms with Crippen LogP contribution in [0.2, 0.25) is 0 Å². The largest absolute Gasteiger partial charge is 0.340 e. The zero-order valence-corrected chi connectivity index (χ0v) is 20.4. The molecule has 3 heterocycles. The van der Waals surface area contributed by atoms with Crippen LogP contribution >= 0.6 is 0 Å². The van der Waals surface area contributed by atoms with E-state index in [-0.39, 0.29) is 11.8 Å². The molecule has 1 saturated heterocycles. The van der Waals surface area contributed by atoms with Crippen molar-refractivity contribution in [3.63, 3.8) is 0 Å².